The summed E-state index contributed by atoms with van der Waals surface area (Å²) in [4.78, 5) is 60.5. The first kappa shape index (κ1) is 36.4. The average Bonchev–Trinajstić information content (AvgIpc) is 3.57. The smallest absolute Gasteiger partial charge is 0.260 e. The standard InChI is InChI=1S/C43H37Cl2N3O7/c1-4-23-6-12-27(13-7-23)47-39(50)30-17-16-29-31(37(30)41(47)52)22-32-40(51)48(46-34-18-11-26(44)21-33(34)45)42(53)43(32,25-9-14-28(54-3)15-10-25)38(29)24-8-19-35(49)36(20-24)55-5-2/h4,6-16,18-21,30-32,37-38,46,49H,1,5,17,22H2,2-3H3/t30-,31+,32-,37-,38-,43+/m0/s1. The van der Waals surface area contributed by atoms with Crippen molar-refractivity contribution in [2.24, 2.45) is 23.7 Å². The third kappa shape index (κ3) is 5.61. The summed E-state index contributed by atoms with van der Waals surface area (Å²) in [6.45, 7) is 5.86. The van der Waals surface area contributed by atoms with Gasteiger partial charge in [-0.15, -0.1) is 0 Å². The zero-order valence-electron chi connectivity index (χ0n) is 30.0. The third-order valence-corrected chi connectivity index (χ3v) is 12.1. The highest BCUT2D eigenvalue weighted by Gasteiger charge is 2.70. The Hall–Kier alpha value is -5.58. The minimum absolute atomic E-state index is 0.0881. The highest BCUT2D eigenvalue weighted by molar-refractivity contribution is 6.36. The van der Waals surface area contributed by atoms with E-state index in [0.29, 0.717) is 33.3 Å². The van der Waals surface area contributed by atoms with E-state index in [0.717, 1.165) is 16.1 Å². The molecule has 12 heteroatoms. The molecule has 4 aliphatic rings. The molecule has 2 N–H and O–H groups in total. The molecule has 4 amide bonds. The predicted molar refractivity (Wildman–Crippen MR) is 209 cm³/mol. The van der Waals surface area contributed by atoms with Crippen molar-refractivity contribution in [1.29, 1.82) is 0 Å². The number of aromatic hydroxyl groups is 1. The Morgan fingerprint density at radius 1 is 0.927 bits per heavy atom. The number of carbonyl (C=O) groups excluding carboxylic acids is 4. The molecule has 0 unspecified atom stereocenters. The lowest BCUT2D eigenvalue weighted by Crippen LogP contribution is -2.53. The Balaban J connectivity index is 1.33. The summed E-state index contributed by atoms with van der Waals surface area (Å²) in [6.07, 6.45) is 4.02. The van der Waals surface area contributed by atoms with Crippen LogP contribution in [0.1, 0.15) is 42.4 Å². The number of rotatable bonds is 9. The fourth-order valence-electron chi connectivity index (χ4n) is 9.21. The molecule has 0 bridgehead atoms. The number of amides is 4. The first-order valence-electron chi connectivity index (χ1n) is 18.0. The quantitative estimate of drug-likeness (QED) is 0.130. The van der Waals surface area contributed by atoms with Crippen molar-refractivity contribution in [1.82, 2.24) is 5.01 Å². The molecular weight excluding hydrogens is 741 g/mol. The Kier molecular flexibility index (Phi) is 9.22. The summed E-state index contributed by atoms with van der Waals surface area (Å²) in [5.74, 6) is -4.92. The third-order valence-electron chi connectivity index (χ3n) is 11.6. The Morgan fingerprint density at radius 2 is 1.67 bits per heavy atom. The van der Waals surface area contributed by atoms with Crippen LogP contribution in [-0.4, -0.2) is 47.5 Å². The van der Waals surface area contributed by atoms with E-state index in [1.54, 1.807) is 92.9 Å². The number of nitrogens with zero attached hydrogens (tertiary/aromatic N) is 2. The normalized spacial score (nSPS) is 25.6. The first-order valence-corrected chi connectivity index (χ1v) is 18.8. The van der Waals surface area contributed by atoms with E-state index in [1.807, 2.05) is 6.08 Å². The van der Waals surface area contributed by atoms with Crippen molar-refractivity contribution in [3.05, 3.63) is 130 Å². The number of fused-ring (bicyclic) bond motifs is 4. The van der Waals surface area contributed by atoms with Gasteiger partial charge in [-0.1, -0.05) is 77.8 Å². The number of ether oxygens (including phenoxy) is 2. The molecule has 0 radical (unpaired) electrons. The minimum Gasteiger partial charge on any atom is -0.504 e. The Bertz CT molecular complexity index is 2290. The first-order chi connectivity index (χ1) is 26.5. The van der Waals surface area contributed by atoms with Gasteiger partial charge in [0, 0.05) is 10.9 Å². The highest BCUT2D eigenvalue weighted by Crippen LogP contribution is 2.64. The van der Waals surface area contributed by atoms with Crippen LogP contribution in [0.2, 0.25) is 10.0 Å². The fourth-order valence-corrected chi connectivity index (χ4v) is 9.66. The summed E-state index contributed by atoms with van der Waals surface area (Å²) in [5, 5.41) is 12.4. The van der Waals surface area contributed by atoms with Crippen LogP contribution in [0.15, 0.2) is 103 Å². The second-order valence-corrected chi connectivity index (χ2v) is 15.0. The number of phenols is 1. The summed E-state index contributed by atoms with van der Waals surface area (Å²) >= 11 is 12.7. The van der Waals surface area contributed by atoms with Crippen LogP contribution in [0.4, 0.5) is 11.4 Å². The van der Waals surface area contributed by atoms with Crippen molar-refractivity contribution in [2.75, 3.05) is 24.0 Å². The van der Waals surface area contributed by atoms with Crippen molar-refractivity contribution in [2.45, 2.75) is 31.1 Å². The van der Waals surface area contributed by atoms with Crippen molar-refractivity contribution >= 4 is 64.3 Å². The topological polar surface area (TPSA) is 125 Å². The SMILES string of the molecule is C=Cc1ccc(N2C(=O)[C@H]3[C@H](CC=C4[C@H]3C[C@H]3C(=O)N(Nc5ccc(Cl)cc5Cl)C(=O)[C@@]3(c3ccc(OC)cc3)[C@H]4c3ccc(O)c(OCC)c3)C2=O)cc1. The lowest BCUT2D eigenvalue weighted by molar-refractivity contribution is -0.138. The molecule has 2 aliphatic heterocycles. The molecule has 2 saturated heterocycles. The molecule has 2 aliphatic carbocycles. The number of benzene rings is 4. The summed E-state index contributed by atoms with van der Waals surface area (Å²) < 4.78 is 11.3. The van der Waals surface area contributed by atoms with Gasteiger partial charge in [-0.3, -0.25) is 29.5 Å². The number of anilines is 2. The van der Waals surface area contributed by atoms with Gasteiger partial charge >= 0.3 is 0 Å². The molecular formula is C43H37Cl2N3O7. The molecule has 4 aromatic carbocycles. The maximum absolute atomic E-state index is 15.5. The molecule has 0 spiro atoms. The number of nitrogens with one attached hydrogen (secondary N) is 1. The lowest BCUT2D eigenvalue weighted by Gasteiger charge is -2.50. The van der Waals surface area contributed by atoms with Gasteiger partial charge < -0.3 is 14.6 Å². The van der Waals surface area contributed by atoms with Gasteiger partial charge in [-0.25, -0.2) is 0 Å². The molecule has 10 nitrogen and oxygen atoms in total. The molecule has 55 heavy (non-hydrogen) atoms. The molecule has 8 rings (SSSR count). The van der Waals surface area contributed by atoms with E-state index in [1.165, 1.54) is 17.0 Å². The number of phenolic OH excluding ortho intramolecular Hbond substituents is 1. The number of hydrazine groups is 1. The van der Waals surface area contributed by atoms with Crippen LogP contribution in [-0.2, 0) is 24.6 Å². The van der Waals surface area contributed by atoms with Crippen molar-refractivity contribution < 1.29 is 33.8 Å². The van der Waals surface area contributed by atoms with Crippen LogP contribution in [0, 0.1) is 23.7 Å². The van der Waals surface area contributed by atoms with E-state index in [9.17, 15) is 19.5 Å². The second-order valence-electron chi connectivity index (χ2n) is 14.2. The summed E-state index contributed by atoms with van der Waals surface area (Å²) in [5.41, 5.74) is 4.95. The second kappa shape index (κ2) is 13.9. The van der Waals surface area contributed by atoms with Gasteiger partial charge in [0.2, 0.25) is 11.8 Å². The molecule has 280 valence electrons. The van der Waals surface area contributed by atoms with E-state index >= 15 is 4.79 Å². The number of halogens is 2. The van der Waals surface area contributed by atoms with Crippen molar-refractivity contribution in [3.63, 3.8) is 0 Å². The molecule has 3 fully saturated rings. The van der Waals surface area contributed by atoms with Gasteiger partial charge in [-0.2, -0.15) is 5.01 Å². The zero-order chi connectivity index (χ0) is 38.8. The molecule has 4 aromatic rings. The largest absolute Gasteiger partial charge is 0.504 e. The van der Waals surface area contributed by atoms with E-state index in [2.05, 4.69) is 12.0 Å². The van der Waals surface area contributed by atoms with Gasteiger partial charge in [0.15, 0.2) is 11.5 Å². The maximum atomic E-state index is 15.5. The number of carbonyl (C=O) groups is 4. The van der Waals surface area contributed by atoms with Crippen LogP contribution < -0.4 is 19.8 Å². The average molecular weight is 779 g/mol. The number of methoxy groups -OCH3 is 1. The van der Waals surface area contributed by atoms with Gasteiger partial charge in [0.25, 0.3) is 11.8 Å². The van der Waals surface area contributed by atoms with E-state index < -0.39 is 46.8 Å². The molecule has 2 heterocycles. The fraction of sp³-hybridized carbons (Fsp3) is 0.256. The number of imide groups is 2. The van der Waals surface area contributed by atoms with Gasteiger partial charge in [0.05, 0.1) is 53.3 Å². The van der Waals surface area contributed by atoms with E-state index in [4.69, 9.17) is 32.7 Å². The molecule has 0 aromatic heterocycles. The number of hydrogen-bond donors (Lipinski definition) is 2. The highest BCUT2D eigenvalue weighted by atomic mass is 35.5. The van der Waals surface area contributed by atoms with Crippen LogP contribution in [0.3, 0.4) is 0 Å². The lowest BCUT2D eigenvalue weighted by atomic mass is 9.49. The maximum Gasteiger partial charge on any atom is 0.260 e. The Labute approximate surface area is 327 Å². The van der Waals surface area contributed by atoms with Crippen LogP contribution in [0.25, 0.3) is 6.08 Å². The van der Waals surface area contributed by atoms with Crippen LogP contribution >= 0.6 is 23.2 Å². The Morgan fingerprint density at radius 3 is 2.35 bits per heavy atom. The minimum atomic E-state index is -1.56. The van der Waals surface area contributed by atoms with Gasteiger partial charge in [0.1, 0.15) is 5.75 Å². The zero-order valence-corrected chi connectivity index (χ0v) is 31.5. The van der Waals surface area contributed by atoms with E-state index in [-0.39, 0.29) is 47.8 Å². The monoisotopic (exact) mass is 777 g/mol. The number of allylic oxidation sites excluding steroid dienone is 2. The van der Waals surface area contributed by atoms with Crippen molar-refractivity contribution in [3.8, 4) is 17.2 Å². The molecule has 6 atom stereocenters. The molecule has 1 saturated carbocycles. The number of hydrogen-bond acceptors (Lipinski definition) is 8. The van der Waals surface area contributed by atoms with Gasteiger partial charge in [-0.05, 0) is 97.0 Å². The summed E-state index contributed by atoms with van der Waals surface area (Å²) in [7, 11) is 1.54. The summed E-state index contributed by atoms with van der Waals surface area (Å²) in [6, 6.07) is 23.8. The predicted octanol–water partition coefficient (Wildman–Crippen LogP) is 7.94. The van der Waals surface area contributed by atoms with Crippen LogP contribution in [0.5, 0.6) is 17.2 Å².